The normalized spacial score (nSPS) is 13.9. The molecule has 1 aliphatic carbocycles. The van der Waals surface area contributed by atoms with Crippen LogP contribution < -0.4 is 21.9 Å². The molecule has 9 nitrogen and oxygen atoms in total. The van der Waals surface area contributed by atoms with Gasteiger partial charge < -0.3 is 15.1 Å². The summed E-state index contributed by atoms with van der Waals surface area (Å²) in [5.41, 5.74) is 1.75. The van der Waals surface area contributed by atoms with Gasteiger partial charge in [-0.15, -0.1) is 0 Å². The summed E-state index contributed by atoms with van der Waals surface area (Å²) in [7, 11) is 0. The van der Waals surface area contributed by atoms with Gasteiger partial charge in [-0.25, -0.2) is 9.36 Å². The number of carbonyl (C=O) groups is 2. The van der Waals surface area contributed by atoms with Gasteiger partial charge in [0.05, 0.1) is 0 Å². The molecule has 2 aromatic heterocycles. The maximum atomic E-state index is 13.5. The summed E-state index contributed by atoms with van der Waals surface area (Å²) >= 11 is 0. The molecule has 2 aromatic carbocycles. The molecule has 0 atom stereocenters. The van der Waals surface area contributed by atoms with Crippen molar-refractivity contribution in [2.45, 2.75) is 58.7 Å². The maximum Gasteiger partial charge on any atom is 0.332 e. The molecular weight excluding hydrogens is 460 g/mol. The highest BCUT2D eigenvalue weighted by molar-refractivity contribution is 6.03. The van der Waals surface area contributed by atoms with Crippen molar-refractivity contribution >= 4 is 39.6 Å². The molecule has 0 bridgehead atoms. The van der Waals surface area contributed by atoms with Crippen molar-refractivity contribution in [1.82, 2.24) is 14.5 Å². The van der Waals surface area contributed by atoms with E-state index in [0.29, 0.717) is 16.7 Å². The number of hydrogen-bond acceptors (Lipinski definition) is 5. The number of nitrogens with zero attached hydrogens (tertiary/aromatic N) is 2. The monoisotopic (exact) mass is 488 g/mol. The first-order chi connectivity index (χ1) is 17.3. The average Bonchev–Trinajstić information content (AvgIpc) is 3.49. The van der Waals surface area contributed by atoms with Crippen molar-refractivity contribution in [1.29, 1.82) is 0 Å². The summed E-state index contributed by atoms with van der Waals surface area (Å²) in [6.45, 7) is 3.06. The molecule has 2 N–H and O–H groups in total. The van der Waals surface area contributed by atoms with E-state index in [-0.39, 0.29) is 23.7 Å². The molecule has 36 heavy (non-hydrogen) atoms. The Hall–Kier alpha value is -4.14. The smallest absolute Gasteiger partial charge is 0.332 e. The molecule has 186 valence electrons. The van der Waals surface area contributed by atoms with Crippen LogP contribution in [0.1, 0.15) is 36.8 Å². The molecule has 0 unspecified atom stereocenters. The van der Waals surface area contributed by atoms with Crippen molar-refractivity contribution in [3.63, 3.8) is 0 Å². The second kappa shape index (κ2) is 9.49. The standard InChI is InChI=1S/C27H28N4O5/c1-16-11-12-20(17(2)13-16)29-23(33)14-30-24-19-9-5-6-10-21(19)36-25(24)26(34)31(27(30)35)15-22(32)28-18-7-3-4-8-18/h5-6,9-13,18H,3-4,7-8,14-15H2,1-2H3,(H,28,32)(H,29,33). The number of nitrogens with one attached hydrogen (secondary N) is 2. The lowest BCUT2D eigenvalue weighted by Gasteiger charge is -2.15. The highest BCUT2D eigenvalue weighted by Gasteiger charge is 2.24. The van der Waals surface area contributed by atoms with E-state index in [1.54, 1.807) is 24.3 Å². The summed E-state index contributed by atoms with van der Waals surface area (Å²) in [5, 5.41) is 6.29. The molecule has 0 saturated heterocycles. The van der Waals surface area contributed by atoms with Gasteiger partial charge in [0.15, 0.2) is 0 Å². The Labute approximate surface area is 206 Å². The lowest BCUT2D eigenvalue weighted by Crippen LogP contribution is -2.46. The Morgan fingerprint density at radius 3 is 2.44 bits per heavy atom. The summed E-state index contributed by atoms with van der Waals surface area (Å²) < 4.78 is 7.87. The summed E-state index contributed by atoms with van der Waals surface area (Å²) in [6, 6.07) is 12.6. The molecule has 9 heteroatoms. The number of aromatic nitrogens is 2. The Bertz CT molecular complexity index is 1600. The second-order valence-corrected chi connectivity index (χ2v) is 9.45. The van der Waals surface area contributed by atoms with E-state index in [0.717, 1.165) is 41.4 Å². The molecule has 0 aliphatic heterocycles. The van der Waals surface area contributed by atoms with Gasteiger partial charge in [0.25, 0.3) is 5.56 Å². The first-order valence-corrected chi connectivity index (χ1v) is 12.1. The third-order valence-electron chi connectivity index (χ3n) is 6.72. The average molecular weight is 489 g/mol. The molecule has 2 amide bonds. The zero-order chi connectivity index (χ0) is 25.4. The third kappa shape index (κ3) is 4.44. The van der Waals surface area contributed by atoms with Crippen LogP contribution in [0, 0.1) is 13.8 Å². The van der Waals surface area contributed by atoms with E-state index >= 15 is 0 Å². The molecule has 1 fully saturated rings. The number of fused-ring (bicyclic) bond motifs is 3. The van der Waals surface area contributed by atoms with Gasteiger partial charge >= 0.3 is 5.69 Å². The Morgan fingerprint density at radius 1 is 0.972 bits per heavy atom. The predicted octanol–water partition coefficient (Wildman–Crippen LogP) is 3.22. The number of hydrogen-bond donors (Lipinski definition) is 2. The Balaban J connectivity index is 1.56. The van der Waals surface area contributed by atoms with Crippen molar-refractivity contribution in [3.8, 4) is 0 Å². The largest absolute Gasteiger partial charge is 0.449 e. The topological polar surface area (TPSA) is 115 Å². The van der Waals surface area contributed by atoms with Crippen LogP contribution in [0.3, 0.4) is 0 Å². The zero-order valence-corrected chi connectivity index (χ0v) is 20.3. The molecule has 1 aliphatic rings. The molecule has 0 radical (unpaired) electrons. The third-order valence-corrected chi connectivity index (χ3v) is 6.72. The fraction of sp³-hybridized carbons (Fsp3) is 0.333. The van der Waals surface area contributed by atoms with Gasteiger partial charge in [-0.05, 0) is 50.5 Å². The van der Waals surface area contributed by atoms with Crippen LogP contribution in [-0.2, 0) is 22.7 Å². The predicted molar refractivity (Wildman–Crippen MR) is 137 cm³/mol. The van der Waals surface area contributed by atoms with Crippen LogP contribution in [-0.4, -0.2) is 27.0 Å². The molecule has 0 spiro atoms. The minimum Gasteiger partial charge on any atom is -0.449 e. The van der Waals surface area contributed by atoms with Gasteiger partial charge in [0.2, 0.25) is 17.4 Å². The van der Waals surface area contributed by atoms with Gasteiger partial charge in [-0.2, -0.15) is 0 Å². The van der Waals surface area contributed by atoms with Crippen LogP contribution in [0.15, 0.2) is 56.5 Å². The van der Waals surface area contributed by atoms with Crippen molar-refractivity contribution < 1.29 is 14.0 Å². The number of aryl methyl sites for hydroxylation is 2. The van der Waals surface area contributed by atoms with E-state index in [2.05, 4.69) is 10.6 Å². The Kier molecular flexibility index (Phi) is 6.22. The number of benzene rings is 2. The quantitative estimate of drug-likeness (QED) is 0.432. The fourth-order valence-corrected chi connectivity index (χ4v) is 4.96. The lowest BCUT2D eigenvalue weighted by atomic mass is 10.1. The second-order valence-electron chi connectivity index (χ2n) is 9.45. The molecule has 5 rings (SSSR count). The van der Waals surface area contributed by atoms with E-state index in [9.17, 15) is 19.2 Å². The fourth-order valence-electron chi connectivity index (χ4n) is 4.96. The van der Waals surface area contributed by atoms with Crippen molar-refractivity contribution in [3.05, 3.63) is 74.4 Å². The minimum absolute atomic E-state index is 0.0499. The first kappa shape index (κ1) is 23.6. The zero-order valence-electron chi connectivity index (χ0n) is 20.3. The molecule has 1 saturated carbocycles. The molecule has 2 heterocycles. The van der Waals surface area contributed by atoms with E-state index in [4.69, 9.17) is 4.42 Å². The van der Waals surface area contributed by atoms with Crippen LogP contribution >= 0.6 is 0 Å². The lowest BCUT2D eigenvalue weighted by molar-refractivity contribution is -0.122. The van der Waals surface area contributed by atoms with Crippen LogP contribution in [0.4, 0.5) is 5.69 Å². The van der Waals surface area contributed by atoms with Crippen molar-refractivity contribution in [2.75, 3.05) is 5.32 Å². The summed E-state index contributed by atoms with van der Waals surface area (Å²) in [5.74, 6) is -0.848. The first-order valence-electron chi connectivity index (χ1n) is 12.1. The van der Waals surface area contributed by atoms with Crippen LogP contribution in [0.25, 0.3) is 22.1 Å². The van der Waals surface area contributed by atoms with E-state index in [1.807, 2.05) is 32.0 Å². The summed E-state index contributed by atoms with van der Waals surface area (Å²) in [6.07, 6.45) is 3.84. The van der Waals surface area contributed by atoms with Gasteiger partial charge in [-0.3, -0.25) is 19.0 Å². The number of para-hydroxylation sites is 1. The number of anilines is 1. The van der Waals surface area contributed by atoms with Gasteiger partial charge in [0.1, 0.15) is 24.2 Å². The minimum atomic E-state index is -0.739. The summed E-state index contributed by atoms with van der Waals surface area (Å²) in [4.78, 5) is 52.6. The highest BCUT2D eigenvalue weighted by atomic mass is 16.3. The van der Waals surface area contributed by atoms with E-state index < -0.39 is 29.6 Å². The van der Waals surface area contributed by atoms with Crippen molar-refractivity contribution in [2.24, 2.45) is 0 Å². The SMILES string of the molecule is Cc1ccc(NC(=O)Cn2c(=O)n(CC(=O)NC3CCCC3)c(=O)c3oc4ccccc4c32)c(C)c1. The van der Waals surface area contributed by atoms with Gasteiger partial charge in [-0.1, -0.05) is 42.7 Å². The van der Waals surface area contributed by atoms with Crippen LogP contribution in [0.2, 0.25) is 0 Å². The highest BCUT2D eigenvalue weighted by Crippen LogP contribution is 2.26. The Morgan fingerprint density at radius 2 is 1.69 bits per heavy atom. The number of carbonyl (C=O) groups excluding carboxylic acids is 2. The molecular formula is C27H28N4O5. The van der Waals surface area contributed by atoms with Gasteiger partial charge in [0, 0.05) is 17.1 Å². The van der Waals surface area contributed by atoms with E-state index in [1.165, 1.54) is 4.57 Å². The number of rotatable bonds is 6. The van der Waals surface area contributed by atoms with Crippen LogP contribution in [0.5, 0.6) is 0 Å². The maximum absolute atomic E-state index is 13.5. The molecule has 4 aromatic rings. The number of amides is 2. The number of furan rings is 1.